The lowest BCUT2D eigenvalue weighted by atomic mass is 10.1. The van der Waals surface area contributed by atoms with Gasteiger partial charge in [-0.05, 0) is 18.2 Å². The average Bonchev–Trinajstić information content (AvgIpc) is 2.77. The molecule has 1 aromatic heterocycles. The van der Waals surface area contributed by atoms with E-state index in [4.69, 9.17) is 4.74 Å². The summed E-state index contributed by atoms with van der Waals surface area (Å²) in [4.78, 5) is 4.46. The van der Waals surface area contributed by atoms with E-state index < -0.39 is 0 Å². The second-order valence-electron chi connectivity index (χ2n) is 3.13. The molecule has 0 unspecified atom stereocenters. The van der Waals surface area contributed by atoms with Gasteiger partial charge in [0.1, 0.15) is 5.75 Å². The molecule has 16 heavy (non-hydrogen) atoms. The minimum atomic E-state index is 0.830. The molecule has 0 spiro atoms. The summed E-state index contributed by atoms with van der Waals surface area (Å²) in [6, 6.07) is 5.89. The Balaban J connectivity index is 2.49. The van der Waals surface area contributed by atoms with Crippen molar-refractivity contribution in [2.75, 3.05) is 19.5 Å². The van der Waals surface area contributed by atoms with Crippen molar-refractivity contribution in [3.05, 3.63) is 28.1 Å². The van der Waals surface area contributed by atoms with E-state index in [0.717, 1.165) is 26.6 Å². The van der Waals surface area contributed by atoms with Crippen molar-refractivity contribution in [1.82, 2.24) is 4.98 Å². The van der Waals surface area contributed by atoms with Crippen LogP contribution in [0, 0.1) is 0 Å². The predicted octanol–water partition coefficient (Wildman–Crippen LogP) is 3.62. The highest BCUT2D eigenvalue weighted by Crippen LogP contribution is 2.34. The maximum Gasteiger partial charge on any atom is 0.182 e. The van der Waals surface area contributed by atoms with Crippen molar-refractivity contribution in [2.45, 2.75) is 0 Å². The van der Waals surface area contributed by atoms with E-state index in [1.807, 2.05) is 30.6 Å². The van der Waals surface area contributed by atoms with Crippen LogP contribution in [-0.2, 0) is 0 Å². The number of rotatable bonds is 3. The summed E-state index contributed by atoms with van der Waals surface area (Å²) in [6.07, 6.45) is 0. The molecule has 5 heteroatoms. The molecule has 3 nitrogen and oxygen atoms in total. The molecule has 0 aliphatic rings. The topological polar surface area (TPSA) is 34.2 Å². The third-order valence-electron chi connectivity index (χ3n) is 2.16. The summed E-state index contributed by atoms with van der Waals surface area (Å²) in [6.45, 7) is 0. The number of nitrogens with zero attached hydrogens (tertiary/aromatic N) is 1. The number of methoxy groups -OCH3 is 1. The molecule has 2 rings (SSSR count). The van der Waals surface area contributed by atoms with Crippen molar-refractivity contribution in [2.24, 2.45) is 0 Å². The van der Waals surface area contributed by atoms with Gasteiger partial charge in [0, 0.05) is 22.5 Å². The normalized spacial score (nSPS) is 10.2. The molecule has 0 bridgehead atoms. The first-order valence-electron chi connectivity index (χ1n) is 4.72. The molecular weight excluding hydrogens is 288 g/mol. The van der Waals surface area contributed by atoms with Crippen LogP contribution in [0.5, 0.6) is 5.75 Å². The molecular formula is C11H11BrN2OS. The van der Waals surface area contributed by atoms with Crippen LogP contribution in [0.4, 0.5) is 5.13 Å². The molecule has 0 radical (unpaired) electrons. The van der Waals surface area contributed by atoms with Crippen LogP contribution in [-0.4, -0.2) is 19.1 Å². The number of ether oxygens (including phenoxy) is 1. The SMILES string of the molecule is CNc1nc(-c2cc(Br)ccc2OC)cs1. The molecule has 84 valence electrons. The summed E-state index contributed by atoms with van der Waals surface area (Å²) in [5.41, 5.74) is 1.92. The predicted molar refractivity (Wildman–Crippen MR) is 71.3 cm³/mol. The number of benzene rings is 1. The third kappa shape index (κ3) is 2.20. The van der Waals surface area contributed by atoms with Gasteiger partial charge in [-0.25, -0.2) is 4.98 Å². The Morgan fingerprint density at radius 1 is 1.44 bits per heavy atom. The van der Waals surface area contributed by atoms with Crippen LogP contribution in [0.25, 0.3) is 11.3 Å². The molecule has 0 fully saturated rings. The zero-order valence-electron chi connectivity index (χ0n) is 8.95. The standard InChI is InChI=1S/C11H11BrN2OS/c1-13-11-14-9(6-16-11)8-5-7(12)3-4-10(8)15-2/h3-6H,1-2H3,(H,13,14). The number of thiazole rings is 1. The smallest absolute Gasteiger partial charge is 0.182 e. The highest BCUT2D eigenvalue weighted by Gasteiger charge is 2.09. The summed E-state index contributed by atoms with van der Waals surface area (Å²) < 4.78 is 6.34. The van der Waals surface area contributed by atoms with Gasteiger partial charge in [0.15, 0.2) is 5.13 Å². The highest BCUT2D eigenvalue weighted by molar-refractivity contribution is 9.10. The van der Waals surface area contributed by atoms with Gasteiger partial charge in [0.25, 0.3) is 0 Å². The molecule has 0 saturated heterocycles. The minimum Gasteiger partial charge on any atom is -0.496 e. The first-order valence-corrected chi connectivity index (χ1v) is 6.39. The Bertz CT molecular complexity index is 498. The Kier molecular flexibility index (Phi) is 3.46. The molecule has 0 saturated carbocycles. The van der Waals surface area contributed by atoms with E-state index in [9.17, 15) is 0 Å². The number of nitrogens with one attached hydrogen (secondary N) is 1. The van der Waals surface area contributed by atoms with Gasteiger partial charge in [0.05, 0.1) is 12.8 Å². The van der Waals surface area contributed by atoms with Crippen molar-refractivity contribution in [1.29, 1.82) is 0 Å². The van der Waals surface area contributed by atoms with E-state index in [0.29, 0.717) is 0 Å². The Morgan fingerprint density at radius 3 is 2.88 bits per heavy atom. The second-order valence-corrected chi connectivity index (χ2v) is 4.91. The zero-order valence-corrected chi connectivity index (χ0v) is 11.4. The number of aromatic nitrogens is 1. The summed E-state index contributed by atoms with van der Waals surface area (Å²) in [5, 5.41) is 5.93. The van der Waals surface area contributed by atoms with Crippen LogP contribution in [0.3, 0.4) is 0 Å². The van der Waals surface area contributed by atoms with Crippen molar-refractivity contribution in [3.8, 4) is 17.0 Å². The fourth-order valence-electron chi connectivity index (χ4n) is 1.39. The zero-order chi connectivity index (χ0) is 11.5. The summed E-state index contributed by atoms with van der Waals surface area (Å²) >= 11 is 5.03. The lowest BCUT2D eigenvalue weighted by molar-refractivity contribution is 0.416. The minimum absolute atomic E-state index is 0.830. The summed E-state index contributed by atoms with van der Waals surface area (Å²) in [5.74, 6) is 0.830. The van der Waals surface area contributed by atoms with Gasteiger partial charge in [-0.15, -0.1) is 11.3 Å². The lowest BCUT2D eigenvalue weighted by Crippen LogP contribution is -1.89. The van der Waals surface area contributed by atoms with E-state index in [-0.39, 0.29) is 0 Å². The number of anilines is 1. The van der Waals surface area contributed by atoms with Crippen LogP contribution in [0.15, 0.2) is 28.1 Å². The van der Waals surface area contributed by atoms with Crippen molar-refractivity contribution < 1.29 is 4.74 Å². The largest absolute Gasteiger partial charge is 0.496 e. The van der Waals surface area contributed by atoms with Gasteiger partial charge < -0.3 is 10.1 Å². The molecule has 0 aliphatic carbocycles. The lowest BCUT2D eigenvalue weighted by Gasteiger charge is -2.06. The Labute approximate surface area is 107 Å². The van der Waals surface area contributed by atoms with E-state index in [2.05, 4.69) is 26.2 Å². The molecule has 1 aromatic carbocycles. The van der Waals surface area contributed by atoms with Crippen LogP contribution in [0.2, 0.25) is 0 Å². The van der Waals surface area contributed by atoms with Crippen molar-refractivity contribution in [3.63, 3.8) is 0 Å². The fraction of sp³-hybridized carbons (Fsp3) is 0.182. The molecule has 0 amide bonds. The molecule has 1 N–H and O–H groups in total. The average molecular weight is 299 g/mol. The third-order valence-corrected chi connectivity index (χ3v) is 3.51. The molecule has 1 heterocycles. The fourth-order valence-corrected chi connectivity index (χ4v) is 2.43. The summed E-state index contributed by atoms with van der Waals surface area (Å²) in [7, 11) is 3.53. The molecule has 0 aliphatic heterocycles. The highest BCUT2D eigenvalue weighted by atomic mass is 79.9. The number of hydrogen-bond acceptors (Lipinski definition) is 4. The molecule has 0 atom stereocenters. The Morgan fingerprint density at radius 2 is 2.25 bits per heavy atom. The maximum absolute atomic E-state index is 5.32. The van der Waals surface area contributed by atoms with Crippen molar-refractivity contribution >= 4 is 32.4 Å². The first kappa shape index (κ1) is 11.4. The van der Waals surface area contributed by atoms with Gasteiger partial charge in [-0.3, -0.25) is 0 Å². The van der Waals surface area contributed by atoms with Gasteiger partial charge in [0.2, 0.25) is 0 Å². The van der Waals surface area contributed by atoms with Crippen LogP contribution < -0.4 is 10.1 Å². The maximum atomic E-state index is 5.32. The molecule has 2 aromatic rings. The monoisotopic (exact) mass is 298 g/mol. The number of hydrogen-bond donors (Lipinski definition) is 1. The Hall–Kier alpha value is -1.07. The van der Waals surface area contributed by atoms with Crippen LogP contribution >= 0.6 is 27.3 Å². The van der Waals surface area contributed by atoms with E-state index >= 15 is 0 Å². The first-order chi connectivity index (χ1) is 7.74. The van der Waals surface area contributed by atoms with E-state index in [1.54, 1.807) is 18.4 Å². The van der Waals surface area contributed by atoms with E-state index in [1.165, 1.54) is 0 Å². The quantitative estimate of drug-likeness (QED) is 0.940. The van der Waals surface area contributed by atoms with Gasteiger partial charge >= 0.3 is 0 Å². The second kappa shape index (κ2) is 4.84. The van der Waals surface area contributed by atoms with Crippen LogP contribution in [0.1, 0.15) is 0 Å². The number of halogens is 1. The van der Waals surface area contributed by atoms with Gasteiger partial charge in [-0.1, -0.05) is 15.9 Å². The van der Waals surface area contributed by atoms with Gasteiger partial charge in [-0.2, -0.15) is 0 Å².